The number of nitriles is 1. The molecular formula is C20H18Cl2N6O5. The molecule has 0 bridgehead atoms. The molecule has 1 heterocycles. The molecule has 2 aromatic rings. The third-order valence-electron chi connectivity index (χ3n) is 4.67. The number of alkyl carbamates (subject to hydrolysis) is 1. The van der Waals surface area contributed by atoms with E-state index in [4.69, 9.17) is 33.2 Å². The number of carbonyl (C=O) groups excluding carboxylic acids is 2. The molecule has 1 aliphatic carbocycles. The molecule has 33 heavy (non-hydrogen) atoms. The molecule has 1 aliphatic rings. The third kappa shape index (κ3) is 6.00. The zero-order valence-electron chi connectivity index (χ0n) is 17.3. The van der Waals surface area contributed by atoms with Crippen molar-refractivity contribution >= 4 is 46.6 Å². The molecule has 0 saturated heterocycles. The monoisotopic (exact) mass is 492 g/mol. The highest BCUT2D eigenvalue weighted by molar-refractivity contribution is 6.47. The van der Waals surface area contributed by atoms with Crippen LogP contribution in [0.25, 0.3) is 0 Å². The molecule has 1 saturated carbocycles. The topological polar surface area (TPSA) is 159 Å². The molecule has 172 valence electrons. The van der Waals surface area contributed by atoms with E-state index in [2.05, 4.69) is 25.5 Å². The number of hydrogen-bond acceptors (Lipinski definition) is 9. The average molecular weight is 493 g/mol. The summed E-state index contributed by atoms with van der Waals surface area (Å²) in [5, 5.41) is 21.0. The first kappa shape index (κ1) is 24.0. The largest absolute Gasteiger partial charge is 0.450 e. The van der Waals surface area contributed by atoms with Gasteiger partial charge in [-0.2, -0.15) is 10.4 Å². The van der Waals surface area contributed by atoms with E-state index in [9.17, 15) is 14.4 Å². The SMILES string of the molecule is CCOC(=O)NC(=O)/C(C#N)=N/Nc1cc(Cl)c(Oc2cc(C3CCC3)c(=O)[nH]n2)c(Cl)c1. The van der Waals surface area contributed by atoms with Gasteiger partial charge in [-0.3, -0.25) is 20.3 Å². The van der Waals surface area contributed by atoms with Crippen LogP contribution in [-0.2, 0) is 9.53 Å². The van der Waals surface area contributed by atoms with Gasteiger partial charge in [0.25, 0.3) is 11.5 Å². The Bertz CT molecular complexity index is 1180. The summed E-state index contributed by atoms with van der Waals surface area (Å²) < 4.78 is 10.3. The van der Waals surface area contributed by atoms with Gasteiger partial charge < -0.3 is 9.47 Å². The van der Waals surface area contributed by atoms with Crippen LogP contribution < -0.4 is 21.0 Å². The Kier molecular flexibility index (Phi) is 7.87. The van der Waals surface area contributed by atoms with Crippen LogP contribution in [0.4, 0.5) is 10.5 Å². The molecule has 2 amide bonds. The standard InChI is InChI=1S/C20H18Cl2N6O5/c1-2-32-20(31)24-19(30)15(9-23)26-25-11-6-13(21)17(14(22)7-11)33-16-8-12(10-4-3-5-10)18(29)28-27-16/h6-8,10,25H,2-5H2,1H3,(H,28,29)(H,24,30,31)/b26-15+. The predicted octanol–water partition coefficient (Wildman–Crippen LogP) is 3.70. The van der Waals surface area contributed by atoms with Crippen LogP contribution in [0.2, 0.25) is 10.0 Å². The number of hydrazone groups is 1. The number of halogens is 2. The first-order chi connectivity index (χ1) is 15.8. The minimum atomic E-state index is -1.05. The van der Waals surface area contributed by atoms with Gasteiger partial charge >= 0.3 is 6.09 Å². The van der Waals surface area contributed by atoms with Gasteiger partial charge in [-0.25, -0.2) is 9.89 Å². The summed E-state index contributed by atoms with van der Waals surface area (Å²) in [7, 11) is 0. The number of aromatic nitrogens is 2. The van der Waals surface area contributed by atoms with Crippen LogP contribution in [0, 0.1) is 11.3 Å². The number of imide groups is 1. The number of nitrogens with zero attached hydrogens (tertiary/aromatic N) is 3. The van der Waals surface area contributed by atoms with Gasteiger partial charge in [0, 0.05) is 11.6 Å². The van der Waals surface area contributed by atoms with Crippen molar-refractivity contribution in [2.24, 2.45) is 5.10 Å². The van der Waals surface area contributed by atoms with Crippen molar-refractivity contribution in [3.63, 3.8) is 0 Å². The zero-order valence-corrected chi connectivity index (χ0v) is 18.8. The Morgan fingerprint density at radius 3 is 2.58 bits per heavy atom. The highest BCUT2D eigenvalue weighted by atomic mass is 35.5. The first-order valence-corrected chi connectivity index (χ1v) is 10.6. The van der Waals surface area contributed by atoms with E-state index in [0.717, 1.165) is 19.3 Å². The van der Waals surface area contributed by atoms with Gasteiger partial charge in [0.1, 0.15) is 6.07 Å². The highest BCUT2D eigenvalue weighted by Crippen LogP contribution is 2.39. The molecule has 1 fully saturated rings. The zero-order chi connectivity index (χ0) is 24.0. The van der Waals surface area contributed by atoms with E-state index >= 15 is 0 Å². The molecule has 3 N–H and O–H groups in total. The Morgan fingerprint density at radius 1 is 1.30 bits per heavy atom. The van der Waals surface area contributed by atoms with Crippen molar-refractivity contribution < 1.29 is 19.1 Å². The number of benzene rings is 1. The molecule has 1 aromatic heterocycles. The van der Waals surface area contributed by atoms with E-state index in [-0.39, 0.29) is 45.4 Å². The van der Waals surface area contributed by atoms with Crippen LogP contribution in [0.1, 0.15) is 37.7 Å². The maximum atomic E-state index is 12.0. The minimum absolute atomic E-state index is 0.0539. The van der Waals surface area contributed by atoms with Crippen LogP contribution in [-0.4, -0.2) is 34.5 Å². The lowest BCUT2D eigenvalue weighted by molar-refractivity contribution is -0.114. The van der Waals surface area contributed by atoms with E-state index in [1.807, 2.05) is 5.32 Å². The maximum Gasteiger partial charge on any atom is 0.414 e. The summed E-state index contributed by atoms with van der Waals surface area (Å²) >= 11 is 12.5. The number of hydrogen-bond donors (Lipinski definition) is 3. The second-order valence-electron chi connectivity index (χ2n) is 6.85. The van der Waals surface area contributed by atoms with E-state index in [1.165, 1.54) is 12.1 Å². The molecule has 13 heteroatoms. The molecule has 0 spiro atoms. The third-order valence-corrected chi connectivity index (χ3v) is 5.23. The minimum Gasteiger partial charge on any atom is -0.450 e. The van der Waals surface area contributed by atoms with Crippen molar-refractivity contribution in [2.75, 3.05) is 12.0 Å². The molecule has 1 aromatic carbocycles. The Labute approximate surface area is 197 Å². The summed E-state index contributed by atoms with van der Waals surface area (Å²) in [5.74, 6) is -0.661. The number of anilines is 1. The van der Waals surface area contributed by atoms with Gasteiger partial charge in [-0.05, 0) is 37.8 Å². The smallest absolute Gasteiger partial charge is 0.414 e. The van der Waals surface area contributed by atoms with Crippen LogP contribution >= 0.6 is 23.2 Å². The number of aromatic amines is 1. The number of ether oxygens (including phenoxy) is 2. The lowest BCUT2D eigenvalue weighted by Crippen LogP contribution is -2.36. The van der Waals surface area contributed by atoms with Crippen molar-refractivity contribution in [1.82, 2.24) is 15.5 Å². The number of H-pyrrole nitrogens is 1. The van der Waals surface area contributed by atoms with E-state index in [0.29, 0.717) is 5.56 Å². The van der Waals surface area contributed by atoms with Gasteiger partial charge in [0.05, 0.1) is 22.3 Å². The molecular weight excluding hydrogens is 475 g/mol. The maximum absolute atomic E-state index is 12.0. The second-order valence-corrected chi connectivity index (χ2v) is 7.66. The predicted molar refractivity (Wildman–Crippen MR) is 120 cm³/mol. The number of nitrogens with one attached hydrogen (secondary N) is 3. The summed E-state index contributed by atoms with van der Waals surface area (Å²) in [4.78, 5) is 35.2. The fourth-order valence-corrected chi connectivity index (χ4v) is 3.43. The van der Waals surface area contributed by atoms with Crippen molar-refractivity contribution in [3.05, 3.63) is 44.2 Å². The van der Waals surface area contributed by atoms with Crippen LogP contribution in [0.3, 0.4) is 0 Å². The lowest BCUT2D eigenvalue weighted by atomic mass is 9.81. The van der Waals surface area contributed by atoms with Crippen molar-refractivity contribution in [3.8, 4) is 17.7 Å². The fourth-order valence-electron chi connectivity index (χ4n) is 2.87. The Balaban J connectivity index is 1.74. The Hall–Kier alpha value is -3.62. The number of amides is 2. The van der Waals surface area contributed by atoms with Gasteiger partial charge in [-0.1, -0.05) is 29.6 Å². The highest BCUT2D eigenvalue weighted by Gasteiger charge is 2.23. The van der Waals surface area contributed by atoms with Gasteiger partial charge in [0.2, 0.25) is 11.6 Å². The van der Waals surface area contributed by atoms with Crippen LogP contribution in [0.15, 0.2) is 28.1 Å². The lowest BCUT2D eigenvalue weighted by Gasteiger charge is -2.24. The normalized spacial score (nSPS) is 13.5. The van der Waals surface area contributed by atoms with Gasteiger partial charge in [0.15, 0.2) is 5.75 Å². The average Bonchev–Trinajstić information content (AvgIpc) is 2.72. The quantitative estimate of drug-likeness (QED) is 0.389. The van der Waals surface area contributed by atoms with Crippen LogP contribution in [0.5, 0.6) is 11.6 Å². The summed E-state index contributed by atoms with van der Waals surface area (Å²) in [6, 6.07) is 5.91. The molecule has 11 nitrogen and oxygen atoms in total. The van der Waals surface area contributed by atoms with Crippen molar-refractivity contribution in [1.29, 1.82) is 5.26 Å². The second kappa shape index (κ2) is 10.8. The van der Waals surface area contributed by atoms with Gasteiger partial charge in [-0.15, -0.1) is 5.10 Å². The molecule has 3 rings (SSSR count). The summed E-state index contributed by atoms with van der Waals surface area (Å²) in [6.07, 6.45) is 1.92. The first-order valence-electron chi connectivity index (χ1n) is 9.80. The molecule has 0 aliphatic heterocycles. The Morgan fingerprint density at radius 2 is 2.00 bits per heavy atom. The van der Waals surface area contributed by atoms with E-state index < -0.39 is 17.7 Å². The molecule has 0 unspecified atom stereocenters. The molecule has 0 atom stereocenters. The molecule has 0 radical (unpaired) electrons. The summed E-state index contributed by atoms with van der Waals surface area (Å²) in [6.45, 7) is 1.62. The number of rotatable bonds is 7. The van der Waals surface area contributed by atoms with Crippen molar-refractivity contribution in [2.45, 2.75) is 32.1 Å². The number of carbonyl (C=O) groups is 2. The summed E-state index contributed by atoms with van der Waals surface area (Å²) in [5.41, 5.74) is 2.40. The fraction of sp³-hybridized carbons (Fsp3) is 0.300. The van der Waals surface area contributed by atoms with E-state index in [1.54, 1.807) is 19.1 Å².